The van der Waals surface area contributed by atoms with Crippen molar-refractivity contribution in [2.24, 2.45) is 0 Å². The van der Waals surface area contributed by atoms with Gasteiger partial charge in [-0.2, -0.15) is 5.26 Å². The summed E-state index contributed by atoms with van der Waals surface area (Å²) < 4.78 is 2.29. The number of aryl methyl sites for hydroxylation is 2. The average Bonchev–Trinajstić information content (AvgIpc) is 3.39. The standard InChI is InChI=1S/C25H22ClN3O2S/c1-16-8-9-21(17(2)12-16)29-24(31)22(14-18-6-5-7-19(26)13-18)32-25(29)20(15-27)23(30)28-10-3-4-11-28/h5-9,12-14H,3-4,10-11H2,1-2H3/b22-14-,25-20-. The van der Waals surface area contributed by atoms with E-state index < -0.39 is 0 Å². The second kappa shape index (κ2) is 9.15. The normalized spacial score (nSPS) is 15.1. The van der Waals surface area contributed by atoms with E-state index in [0.29, 0.717) is 33.0 Å². The molecular weight excluding hydrogens is 442 g/mol. The van der Waals surface area contributed by atoms with Gasteiger partial charge < -0.3 is 4.90 Å². The van der Waals surface area contributed by atoms with Crippen LogP contribution in [0.5, 0.6) is 0 Å². The first-order valence-electron chi connectivity index (χ1n) is 10.4. The molecule has 0 N–H and O–H groups in total. The molecule has 2 aromatic carbocycles. The fraction of sp³-hybridized carbons (Fsp3) is 0.240. The Kier molecular flexibility index (Phi) is 6.31. The first-order chi connectivity index (χ1) is 15.4. The van der Waals surface area contributed by atoms with Gasteiger partial charge in [0.25, 0.3) is 11.5 Å². The van der Waals surface area contributed by atoms with Crippen LogP contribution in [0, 0.1) is 25.2 Å². The number of aromatic nitrogens is 1. The van der Waals surface area contributed by atoms with Gasteiger partial charge in [0.2, 0.25) is 0 Å². The number of benzene rings is 2. The zero-order chi connectivity index (χ0) is 22.8. The zero-order valence-electron chi connectivity index (χ0n) is 17.9. The van der Waals surface area contributed by atoms with E-state index in [2.05, 4.69) is 6.07 Å². The molecule has 162 valence electrons. The maximum Gasteiger partial charge on any atom is 0.273 e. The van der Waals surface area contributed by atoms with Crippen LogP contribution in [-0.2, 0) is 4.79 Å². The molecule has 3 aromatic rings. The lowest BCUT2D eigenvalue weighted by atomic mass is 10.1. The van der Waals surface area contributed by atoms with Gasteiger partial charge in [-0.15, -0.1) is 11.3 Å². The highest BCUT2D eigenvalue weighted by molar-refractivity contribution is 7.07. The Morgan fingerprint density at radius 2 is 1.91 bits per heavy atom. The SMILES string of the molecule is Cc1ccc(-n2c(=O)/c(=C/c3cccc(Cl)c3)s/c2=C(/C#N)C(=O)N2CCCC2)c(C)c1. The highest BCUT2D eigenvalue weighted by Gasteiger charge is 2.24. The molecule has 0 saturated carbocycles. The lowest BCUT2D eigenvalue weighted by Gasteiger charge is -2.14. The number of likely N-dealkylation sites (tertiary alicyclic amines) is 1. The molecule has 7 heteroatoms. The predicted molar refractivity (Wildman–Crippen MR) is 128 cm³/mol. The van der Waals surface area contributed by atoms with E-state index in [1.165, 1.54) is 4.57 Å². The van der Waals surface area contributed by atoms with Crippen LogP contribution >= 0.6 is 22.9 Å². The molecule has 1 fully saturated rings. The van der Waals surface area contributed by atoms with Crippen molar-refractivity contribution in [3.05, 3.63) is 83.7 Å². The van der Waals surface area contributed by atoms with Crippen LogP contribution in [0.3, 0.4) is 0 Å². The van der Waals surface area contributed by atoms with E-state index in [4.69, 9.17) is 11.6 Å². The molecule has 0 aliphatic carbocycles. The van der Waals surface area contributed by atoms with E-state index in [1.54, 1.807) is 23.1 Å². The van der Waals surface area contributed by atoms with E-state index in [0.717, 1.165) is 40.9 Å². The summed E-state index contributed by atoms with van der Waals surface area (Å²) in [5, 5.41) is 10.5. The van der Waals surface area contributed by atoms with E-state index >= 15 is 0 Å². The molecule has 5 nitrogen and oxygen atoms in total. The molecule has 1 aromatic heterocycles. The van der Waals surface area contributed by atoms with Crippen molar-refractivity contribution in [1.29, 1.82) is 5.26 Å². The van der Waals surface area contributed by atoms with Crippen LogP contribution in [0.2, 0.25) is 5.02 Å². The number of nitriles is 1. The number of carbonyl (C=O) groups is 1. The highest BCUT2D eigenvalue weighted by Crippen LogP contribution is 2.16. The smallest absolute Gasteiger partial charge is 0.273 e. The third-order valence-corrected chi connectivity index (χ3v) is 6.82. The van der Waals surface area contributed by atoms with Crippen molar-refractivity contribution in [1.82, 2.24) is 9.47 Å². The third-order valence-electron chi connectivity index (χ3n) is 5.50. The zero-order valence-corrected chi connectivity index (χ0v) is 19.5. The van der Waals surface area contributed by atoms with Gasteiger partial charge in [0.1, 0.15) is 10.7 Å². The van der Waals surface area contributed by atoms with E-state index in [9.17, 15) is 14.9 Å². The van der Waals surface area contributed by atoms with Crippen molar-refractivity contribution >= 4 is 40.5 Å². The first-order valence-corrected chi connectivity index (χ1v) is 11.6. The number of carbonyl (C=O) groups excluding carboxylic acids is 1. The Bertz CT molecular complexity index is 1420. The second-order valence-electron chi connectivity index (χ2n) is 7.89. The molecule has 0 atom stereocenters. The monoisotopic (exact) mass is 463 g/mol. The maximum atomic E-state index is 13.5. The van der Waals surface area contributed by atoms with Crippen molar-refractivity contribution in [2.45, 2.75) is 26.7 Å². The lowest BCUT2D eigenvalue weighted by molar-refractivity contribution is -0.123. The van der Waals surface area contributed by atoms with Gasteiger partial charge in [0, 0.05) is 18.1 Å². The number of rotatable bonds is 3. The number of thiazole rings is 1. The summed E-state index contributed by atoms with van der Waals surface area (Å²) in [5.74, 6) is -0.320. The van der Waals surface area contributed by atoms with Crippen molar-refractivity contribution in [3.63, 3.8) is 0 Å². The molecule has 1 amide bonds. The van der Waals surface area contributed by atoms with E-state index in [1.807, 2.05) is 44.2 Å². The van der Waals surface area contributed by atoms with Crippen LogP contribution in [0.1, 0.15) is 29.5 Å². The summed E-state index contributed by atoms with van der Waals surface area (Å²) in [7, 11) is 0. The fourth-order valence-electron chi connectivity index (χ4n) is 3.94. The van der Waals surface area contributed by atoms with Crippen LogP contribution in [-0.4, -0.2) is 28.5 Å². The Morgan fingerprint density at radius 1 is 1.16 bits per heavy atom. The molecule has 0 spiro atoms. The number of nitrogens with zero attached hydrogens (tertiary/aromatic N) is 3. The predicted octanol–water partition coefficient (Wildman–Crippen LogP) is 3.29. The molecular formula is C25H22ClN3O2S. The Morgan fingerprint density at radius 3 is 2.56 bits per heavy atom. The minimum atomic E-state index is -0.320. The minimum absolute atomic E-state index is 0.000260. The summed E-state index contributed by atoms with van der Waals surface area (Å²) in [6.07, 6.45) is 3.59. The maximum absolute atomic E-state index is 13.5. The molecule has 0 bridgehead atoms. The molecule has 32 heavy (non-hydrogen) atoms. The summed E-state index contributed by atoms with van der Waals surface area (Å²) >= 11 is 7.27. The summed E-state index contributed by atoms with van der Waals surface area (Å²) in [6, 6.07) is 15.1. The molecule has 0 radical (unpaired) electrons. The lowest BCUT2D eigenvalue weighted by Crippen LogP contribution is -2.35. The first kappa shape index (κ1) is 22.1. The van der Waals surface area contributed by atoms with Crippen molar-refractivity contribution < 1.29 is 4.79 Å². The summed E-state index contributed by atoms with van der Waals surface area (Å²) in [6.45, 7) is 5.16. The van der Waals surface area contributed by atoms with Crippen LogP contribution in [0.25, 0.3) is 17.3 Å². The van der Waals surface area contributed by atoms with Crippen LogP contribution < -0.4 is 14.8 Å². The number of hydrogen-bond acceptors (Lipinski definition) is 4. The highest BCUT2D eigenvalue weighted by atomic mass is 35.5. The number of amides is 1. The fourth-order valence-corrected chi connectivity index (χ4v) is 5.23. The molecule has 4 rings (SSSR count). The minimum Gasteiger partial charge on any atom is -0.338 e. The molecule has 1 aliphatic heterocycles. The van der Waals surface area contributed by atoms with Crippen molar-refractivity contribution in [2.75, 3.05) is 13.1 Å². The molecule has 1 saturated heterocycles. The number of hydrogen-bond donors (Lipinski definition) is 0. The Balaban J connectivity index is 2.05. The summed E-state index contributed by atoms with van der Waals surface area (Å²) in [5.41, 5.74) is 3.14. The third kappa shape index (κ3) is 4.27. The van der Waals surface area contributed by atoms with Gasteiger partial charge in [-0.1, -0.05) is 41.4 Å². The van der Waals surface area contributed by atoms with Crippen LogP contribution in [0.4, 0.5) is 0 Å². The average molecular weight is 464 g/mol. The van der Waals surface area contributed by atoms with E-state index in [-0.39, 0.29) is 17.0 Å². The molecule has 1 aliphatic rings. The van der Waals surface area contributed by atoms with Gasteiger partial charge in [-0.25, -0.2) is 0 Å². The van der Waals surface area contributed by atoms with Crippen molar-refractivity contribution in [3.8, 4) is 11.8 Å². The van der Waals surface area contributed by atoms with Gasteiger partial charge in [0.05, 0.1) is 10.2 Å². The molecule has 2 heterocycles. The summed E-state index contributed by atoms with van der Waals surface area (Å²) in [4.78, 5) is 28.4. The van der Waals surface area contributed by atoms with Gasteiger partial charge >= 0.3 is 0 Å². The Hall–Kier alpha value is -3.14. The Labute approximate surface area is 195 Å². The second-order valence-corrected chi connectivity index (χ2v) is 9.35. The number of halogens is 1. The quantitative estimate of drug-likeness (QED) is 0.598. The largest absolute Gasteiger partial charge is 0.338 e. The van der Waals surface area contributed by atoms with Crippen LogP contribution in [0.15, 0.2) is 47.3 Å². The molecule has 0 unspecified atom stereocenters. The van der Waals surface area contributed by atoms with Gasteiger partial charge in [-0.3, -0.25) is 14.2 Å². The van der Waals surface area contributed by atoms with Gasteiger partial charge in [-0.05, 0) is 62.1 Å². The van der Waals surface area contributed by atoms with Gasteiger partial charge in [0.15, 0.2) is 5.57 Å². The topological polar surface area (TPSA) is 66.1 Å².